The van der Waals surface area contributed by atoms with Crippen LogP contribution in [0.2, 0.25) is 0 Å². The van der Waals surface area contributed by atoms with Gasteiger partial charge < -0.3 is 24.7 Å². The molecule has 0 aliphatic rings. The smallest absolute Gasteiger partial charge is 0.191 e. The number of aliphatic imine (C=N–C) groups is 1. The highest BCUT2D eigenvalue weighted by Gasteiger charge is 2.07. The molecule has 3 aromatic rings. The molecule has 1 aromatic heterocycles. The molecule has 0 aliphatic heterocycles. The van der Waals surface area contributed by atoms with Gasteiger partial charge in [0.05, 0.1) is 26.2 Å². The molecule has 30 heavy (non-hydrogen) atoms. The highest BCUT2D eigenvalue weighted by Crippen LogP contribution is 2.27. The number of nitrogens with one attached hydrogen (secondary N) is 2. The molecule has 0 bridgehead atoms. The van der Waals surface area contributed by atoms with Crippen molar-refractivity contribution in [2.45, 2.75) is 13.0 Å². The molecule has 2 N–H and O–H groups in total. The lowest BCUT2D eigenvalue weighted by Crippen LogP contribution is -2.37. The van der Waals surface area contributed by atoms with Crippen LogP contribution in [0.4, 0.5) is 4.39 Å². The highest BCUT2D eigenvalue weighted by atomic mass is 19.1. The third kappa shape index (κ3) is 5.28. The van der Waals surface area contributed by atoms with Crippen molar-refractivity contribution < 1.29 is 13.9 Å². The summed E-state index contributed by atoms with van der Waals surface area (Å²) in [6.45, 7) is 1.14. The van der Waals surface area contributed by atoms with E-state index in [1.807, 2.05) is 24.3 Å². The van der Waals surface area contributed by atoms with Gasteiger partial charge in [0.25, 0.3) is 0 Å². The SMILES string of the molecule is CN=C(NCCc1ccc(OC)c(OC)c1)NCc1ccc(-n2ccnc2)c(F)c1. The van der Waals surface area contributed by atoms with Crippen LogP contribution in [-0.4, -0.2) is 43.3 Å². The summed E-state index contributed by atoms with van der Waals surface area (Å²) < 4.78 is 26.6. The molecule has 0 aliphatic carbocycles. The standard InChI is InChI=1S/C22H26FN5O2/c1-24-22(26-9-8-16-5-7-20(29-2)21(13-16)30-3)27-14-17-4-6-19(18(23)12-17)28-11-10-25-15-28/h4-7,10-13,15H,8-9,14H2,1-3H3,(H2,24,26,27). The molecule has 2 aromatic carbocycles. The van der Waals surface area contributed by atoms with Crippen molar-refractivity contribution in [1.82, 2.24) is 20.2 Å². The maximum atomic E-state index is 14.4. The largest absolute Gasteiger partial charge is 0.493 e. The minimum atomic E-state index is -0.302. The summed E-state index contributed by atoms with van der Waals surface area (Å²) in [7, 11) is 4.94. The average molecular weight is 411 g/mol. The molecule has 1 heterocycles. The predicted molar refractivity (Wildman–Crippen MR) is 115 cm³/mol. The first-order chi connectivity index (χ1) is 14.6. The summed E-state index contributed by atoms with van der Waals surface area (Å²) >= 11 is 0. The van der Waals surface area contributed by atoms with Gasteiger partial charge in [0, 0.05) is 32.5 Å². The van der Waals surface area contributed by atoms with E-state index in [4.69, 9.17) is 9.47 Å². The summed E-state index contributed by atoms with van der Waals surface area (Å²) in [6, 6.07) is 11.0. The number of benzene rings is 2. The molecule has 0 fully saturated rings. The Morgan fingerprint density at radius 1 is 1.07 bits per heavy atom. The average Bonchev–Trinajstić information content (AvgIpc) is 3.30. The lowest BCUT2D eigenvalue weighted by molar-refractivity contribution is 0.354. The Kier molecular flexibility index (Phi) is 7.26. The number of guanidine groups is 1. The van der Waals surface area contributed by atoms with Crippen molar-refractivity contribution >= 4 is 5.96 Å². The summed E-state index contributed by atoms with van der Waals surface area (Å²) in [4.78, 5) is 8.17. The van der Waals surface area contributed by atoms with E-state index in [-0.39, 0.29) is 5.82 Å². The van der Waals surface area contributed by atoms with E-state index >= 15 is 0 Å². The zero-order valence-corrected chi connectivity index (χ0v) is 17.4. The molecule has 0 amide bonds. The van der Waals surface area contributed by atoms with E-state index in [9.17, 15) is 4.39 Å². The second-order valence-electron chi connectivity index (χ2n) is 6.55. The minimum absolute atomic E-state index is 0.302. The van der Waals surface area contributed by atoms with Crippen molar-refractivity contribution in [2.75, 3.05) is 27.8 Å². The second kappa shape index (κ2) is 10.3. The Morgan fingerprint density at radius 3 is 2.53 bits per heavy atom. The molecule has 0 spiro atoms. The maximum Gasteiger partial charge on any atom is 0.191 e. The van der Waals surface area contributed by atoms with Crippen LogP contribution in [-0.2, 0) is 13.0 Å². The van der Waals surface area contributed by atoms with E-state index < -0.39 is 0 Å². The fraction of sp³-hybridized carbons (Fsp3) is 0.273. The number of rotatable bonds is 8. The molecule has 0 saturated carbocycles. The number of nitrogens with zero attached hydrogens (tertiary/aromatic N) is 3. The fourth-order valence-corrected chi connectivity index (χ4v) is 3.04. The molecule has 0 unspecified atom stereocenters. The molecule has 3 rings (SSSR count). The van der Waals surface area contributed by atoms with Crippen LogP contribution in [0.15, 0.2) is 60.1 Å². The third-order valence-electron chi connectivity index (χ3n) is 4.63. The van der Waals surface area contributed by atoms with Gasteiger partial charge >= 0.3 is 0 Å². The van der Waals surface area contributed by atoms with E-state index in [2.05, 4.69) is 20.6 Å². The van der Waals surface area contributed by atoms with Crippen molar-refractivity contribution in [1.29, 1.82) is 0 Å². The molecule has 158 valence electrons. The van der Waals surface area contributed by atoms with Crippen LogP contribution in [0.25, 0.3) is 5.69 Å². The number of hydrogen-bond acceptors (Lipinski definition) is 4. The van der Waals surface area contributed by atoms with E-state index in [0.29, 0.717) is 36.2 Å². The molecular formula is C22H26FN5O2. The lowest BCUT2D eigenvalue weighted by atomic mass is 10.1. The van der Waals surface area contributed by atoms with Crippen LogP contribution in [0.5, 0.6) is 11.5 Å². The third-order valence-corrected chi connectivity index (χ3v) is 4.63. The summed E-state index contributed by atoms with van der Waals surface area (Å²) in [5.74, 6) is 1.76. The first-order valence-electron chi connectivity index (χ1n) is 9.56. The van der Waals surface area contributed by atoms with Crippen LogP contribution >= 0.6 is 0 Å². The van der Waals surface area contributed by atoms with Crippen LogP contribution in [0, 0.1) is 5.82 Å². The van der Waals surface area contributed by atoms with Crippen LogP contribution < -0.4 is 20.1 Å². The molecular weight excluding hydrogens is 385 g/mol. The van der Waals surface area contributed by atoms with E-state index in [1.165, 1.54) is 6.07 Å². The van der Waals surface area contributed by atoms with Crippen molar-refractivity contribution in [3.8, 4) is 17.2 Å². The van der Waals surface area contributed by atoms with E-state index in [0.717, 1.165) is 17.5 Å². The Morgan fingerprint density at radius 2 is 1.87 bits per heavy atom. The maximum absolute atomic E-state index is 14.4. The van der Waals surface area contributed by atoms with Gasteiger partial charge in [-0.05, 0) is 41.8 Å². The van der Waals surface area contributed by atoms with Gasteiger partial charge in [-0.1, -0.05) is 12.1 Å². The van der Waals surface area contributed by atoms with Gasteiger partial charge in [-0.3, -0.25) is 4.99 Å². The molecule has 0 saturated heterocycles. The Hall–Kier alpha value is -3.55. The molecule has 8 heteroatoms. The van der Waals surface area contributed by atoms with Gasteiger partial charge in [-0.25, -0.2) is 9.37 Å². The Bertz CT molecular complexity index is 989. The summed E-state index contributed by atoms with van der Waals surface area (Å²) in [5.41, 5.74) is 2.40. The van der Waals surface area contributed by atoms with Gasteiger partial charge in [-0.15, -0.1) is 0 Å². The van der Waals surface area contributed by atoms with E-state index in [1.54, 1.807) is 50.6 Å². The number of halogens is 1. The van der Waals surface area contributed by atoms with Crippen LogP contribution in [0.1, 0.15) is 11.1 Å². The molecule has 0 atom stereocenters. The Labute approximate surface area is 175 Å². The highest BCUT2D eigenvalue weighted by molar-refractivity contribution is 5.79. The number of imidazole rings is 1. The number of ether oxygens (including phenoxy) is 2. The normalized spacial score (nSPS) is 11.3. The topological polar surface area (TPSA) is 72.7 Å². The summed E-state index contributed by atoms with van der Waals surface area (Å²) in [6.07, 6.45) is 5.68. The van der Waals surface area contributed by atoms with Crippen LogP contribution in [0.3, 0.4) is 0 Å². The zero-order valence-electron chi connectivity index (χ0n) is 17.4. The molecule has 0 radical (unpaired) electrons. The number of hydrogen-bond donors (Lipinski definition) is 2. The minimum Gasteiger partial charge on any atom is -0.493 e. The summed E-state index contributed by atoms with van der Waals surface area (Å²) in [5, 5.41) is 6.47. The number of aromatic nitrogens is 2. The van der Waals surface area contributed by atoms with Gasteiger partial charge in [-0.2, -0.15) is 0 Å². The molecule has 7 nitrogen and oxygen atoms in total. The quantitative estimate of drug-likeness (QED) is 0.441. The zero-order chi connectivity index (χ0) is 21.3. The van der Waals surface area contributed by atoms with Gasteiger partial charge in [0.1, 0.15) is 5.82 Å². The van der Waals surface area contributed by atoms with Gasteiger partial charge in [0.2, 0.25) is 0 Å². The van der Waals surface area contributed by atoms with Gasteiger partial charge in [0.15, 0.2) is 17.5 Å². The lowest BCUT2D eigenvalue weighted by Gasteiger charge is -2.13. The van der Waals surface area contributed by atoms with Crippen molar-refractivity contribution in [3.63, 3.8) is 0 Å². The van der Waals surface area contributed by atoms with Crippen molar-refractivity contribution in [2.24, 2.45) is 4.99 Å². The monoisotopic (exact) mass is 411 g/mol. The van der Waals surface area contributed by atoms with Crippen molar-refractivity contribution in [3.05, 3.63) is 72.1 Å². The first kappa shape index (κ1) is 21.2. The first-order valence-corrected chi connectivity index (χ1v) is 9.56. The predicted octanol–water partition coefficient (Wildman–Crippen LogP) is 2.94. The second-order valence-corrected chi connectivity index (χ2v) is 6.55. The fourth-order valence-electron chi connectivity index (χ4n) is 3.04. The Balaban J connectivity index is 1.51. The number of methoxy groups -OCH3 is 2.